The van der Waals surface area contributed by atoms with Crippen molar-refractivity contribution in [3.8, 4) is 12.1 Å². The molecule has 0 heterocycles. The third kappa shape index (κ3) is 5.50. The summed E-state index contributed by atoms with van der Waals surface area (Å²) in [6, 6.07) is 20.6. The summed E-state index contributed by atoms with van der Waals surface area (Å²) in [5.41, 5.74) is 4.67. The Labute approximate surface area is 156 Å². The van der Waals surface area contributed by atoms with Crippen LogP contribution in [0.4, 0.5) is 5.69 Å². The number of benzene rings is 2. The van der Waals surface area contributed by atoms with Crippen LogP contribution in [-0.4, -0.2) is 13.1 Å². The maximum atomic E-state index is 8.95. The van der Waals surface area contributed by atoms with Crippen LogP contribution < -0.4 is 4.90 Å². The molecular formula is C23H25N3. The number of anilines is 1. The van der Waals surface area contributed by atoms with Crippen molar-refractivity contribution in [1.82, 2.24) is 0 Å². The molecule has 0 fully saturated rings. The molecule has 132 valence electrons. The van der Waals surface area contributed by atoms with Crippen molar-refractivity contribution < 1.29 is 0 Å². The molecule has 0 aliphatic rings. The number of nitriles is 2. The van der Waals surface area contributed by atoms with E-state index in [0.29, 0.717) is 0 Å². The predicted molar refractivity (Wildman–Crippen MR) is 108 cm³/mol. The summed E-state index contributed by atoms with van der Waals surface area (Å²) in [4.78, 5) is 2.42. The minimum Gasteiger partial charge on any atom is -0.371 e. The lowest BCUT2D eigenvalue weighted by Gasteiger charge is -2.25. The van der Waals surface area contributed by atoms with E-state index in [-0.39, 0.29) is 5.57 Å². The van der Waals surface area contributed by atoms with E-state index >= 15 is 0 Å². The first-order valence-electron chi connectivity index (χ1n) is 9.09. The maximum absolute atomic E-state index is 8.95. The van der Waals surface area contributed by atoms with Gasteiger partial charge in [-0.25, -0.2) is 0 Å². The van der Waals surface area contributed by atoms with Crippen LogP contribution in [0.15, 0.2) is 54.1 Å². The van der Waals surface area contributed by atoms with Gasteiger partial charge in [0.15, 0.2) is 0 Å². The van der Waals surface area contributed by atoms with Gasteiger partial charge in [0.25, 0.3) is 0 Å². The molecule has 0 aliphatic heterocycles. The van der Waals surface area contributed by atoms with Crippen LogP contribution in [0.2, 0.25) is 0 Å². The molecule has 0 aliphatic carbocycles. The van der Waals surface area contributed by atoms with E-state index < -0.39 is 0 Å². The summed E-state index contributed by atoms with van der Waals surface area (Å²) in [5, 5.41) is 17.9. The first kappa shape index (κ1) is 19.3. The third-order valence-corrected chi connectivity index (χ3v) is 4.45. The average molecular weight is 343 g/mol. The van der Waals surface area contributed by atoms with E-state index in [1.165, 1.54) is 11.3 Å². The lowest BCUT2D eigenvalue weighted by molar-refractivity contribution is 0.711. The van der Waals surface area contributed by atoms with Gasteiger partial charge in [0.05, 0.1) is 0 Å². The fraction of sp³-hybridized carbons (Fsp3) is 0.304. The van der Waals surface area contributed by atoms with E-state index in [4.69, 9.17) is 10.5 Å². The first-order chi connectivity index (χ1) is 12.7. The van der Waals surface area contributed by atoms with Crippen LogP contribution in [-0.2, 0) is 6.42 Å². The summed E-state index contributed by atoms with van der Waals surface area (Å²) in [5.74, 6) is 0. The molecule has 0 aromatic heterocycles. The normalized spacial score (nSPS) is 9.85. The molecule has 0 radical (unpaired) electrons. The Bertz CT molecular complexity index is 807. The van der Waals surface area contributed by atoms with Crippen molar-refractivity contribution in [3.63, 3.8) is 0 Å². The standard InChI is InChI=1S/C23H25N3/c1-3-4-13-26(14-12-20-8-6-5-7-9-20)23-11-10-22(19(2)15-23)16-21(17-24)18-25/h5-11,15-16H,3-4,12-14H2,1-2H3. The van der Waals surface area contributed by atoms with Crippen molar-refractivity contribution in [1.29, 1.82) is 10.5 Å². The zero-order valence-corrected chi connectivity index (χ0v) is 15.6. The number of nitrogens with zero attached hydrogens (tertiary/aromatic N) is 3. The summed E-state index contributed by atoms with van der Waals surface area (Å²) >= 11 is 0. The van der Waals surface area contributed by atoms with E-state index in [1.807, 2.05) is 31.2 Å². The van der Waals surface area contributed by atoms with Crippen molar-refractivity contribution in [2.45, 2.75) is 33.1 Å². The van der Waals surface area contributed by atoms with Crippen LogP contribution in [0.5, 0.6) is 0 Å². The van der Waals surface area contributed by atoms with Gasteiger partial charge in [-0.2, -0.15) is 10.5 Å². The van der Waals surface area contributed by atoms with E-state index in [0.717, 1.165) is 43.5 Å². The SMILES string of the molecule is CCCCN(CCc1ccccc1)c1ccc(C=C(C#N)C#N)c(C)c1. The van der Waals surface area contributed by atoms with Gasteiger partial charge in [0.1, 0.15) is 17.7 Å². The Morgan fingerprint density at radius 2 is 1.77 bits per heavy atom. The van der Waals surface area contributed by atoms with Gasteiger partial charge in [0.2, 0.25) is 0 Å². The van der Waals surface area contributed by atoms with Crippen molar-refractivity contribution >= 4 is 11.8 Å². The number of hydrogen-bond acceptors (Lipinski definition) is 3. The fourth-order valence-corrected chi connectivity index (χ4v) is 2.89. The minimum atomic E-state index is 0.132. The highest BCUT2D eigenvalue weighted by Gasteiger charge is 2.08. The van der Waals surface area contributed by atoms with Crippen LogP contribution in [0.1, 0.15) is 36.5 Å². The van der Waals surface area contributed by atoms with Crippen LogP contribution in [0, 0.1) is 29.6 Å². The molecule has 0 spiro atoms. The molecule has 0 N–H and O–H groups in total. The quantitative estimate of drug-likeness (QED) is 0.613. The second kappa shape index (κ2) is 10.1. The van der Waals surface area contributed by atoms with Gasteiger partial charge in [-0.3, -0.25) is 0 Å². The molecule has 3 nitrogen and oxygen atoms in total. The number of hydrogen-bond donors (Lipinski definition) is 0. The molecular weight excluding hydrogens is 318 g/mol. The molecule has 0 unspecified atom stereocenters. The van der Waals surface area contributed by atoms with Crippen LogP contribution in [0.25, 0.3) is 6.08 Å². The average Bonchev–Trinajstić information content (AvgIpc) is 2.68. The molecule has 0 saturated heterocycles. The second-order valence-corrected chi connectivity index (χ2v) is 6.40. The topological polar surface area (TPSA) is 50.8 Å². The molecule has 0 amide bonds. The van der Waals surface area contributed by atoms with E-state index in [2.05, 4.69) is 48.2 Å². The lowest BCUT2D eigenvalue weighted by atomic mass is 10.0. The maximum Gasteiger partial charge on any atom is 0.130 e. The zero-order valence-electron chi connectivity index (χ0n) is 15.6. The molecule has 26 heavy (non-hydrogen) atoms. The van der Waals surface area contributed by atoms with Gasteiger partial charge in [0, 0.05) is 18.8 Å². The third-order valence-electron chi connectivity index (χ3n) is 4.45. The van der Waals surface area contributed by atoms with E-state index in [1.54, 1.807) is 6.08 Å². The predicted octanol–water partition coefficient (Wildman–Crippen LogP) is 5.27. The molecule has 0 saturated carbocycles. The second-order valence-electron chi connectivity index (χ2n) is 6.40. The smallest absolute Gasteiger partial charge is 0.130 e. The molecule has 2 aromatic carbocycles. The van der Waals surface area contributed by atoms with Gasteiger partial charge in [-0.15, -0.1) is 0 Å². The number of unbranched alkanes of at least 4 members (excludes halogenated alkanes) is 1. The Morgan fingerprint density at radius 1 is 1.04 bits per heavy atom. The lowest BCUT2D eigenvalue weighted by Crippen LogP contribution is -2.27. The van der Waals surface area contributed by atoms with Crippen LogP contribution >= 0.6 is 0 Å². The number of rotatable bonds is 8. The van der Waals surface area contributed by atoms with Gasteiger partial charge >= 0.3 is 0 Å². The zero-order chi connectivity index (χ0) is 18.8. The monoisotopic (exact) mass is 343 g/mol. The Kier molecular flexibility index (Phi) is 7.47. The summed E-state index contributed by atoms with van der Waals surface area (Å²) in [6.45, 7) is 6.23. The summed E-state index contributed by atoms with van der Waals surface area (Å²) in [6.07, 6.45) is 4.98. The highest BCUT2D eigenvalue weighted by atomic mass is 15.1. The number of aryl methyl sites for hydroxylation is 1. The summed E-state index contributed by atoms with van der Waals surface area (Å²) < 4.78 is 0. The molecule has 0 atom stereocenters. The fourth-order valence-electron chi connectivity index (χ4n) is 2.89. The Morgan fingerprint density at radius 3 is 2.38 bits per heavy atom. The summed E-state index contributed by atoms with van der Waals surface area (Å²) in [7, 11) is 0. The highest BCUT2D eigenvalue weighted by Crippen LogP contribution is 2.22. The Hall–Kier alpha value is -3.04. The minimum absolute atomic E-state index is 0.132. The number of allylic oxidation sites excluding steroid dienone is 1. The molecule has 0 bridgehead atoms. The van der Waals surface area contributed by atoms with Gasteiger partial charge in [-0.05, 0) is 54.7 Å². The molecule has 3 heteroatoms. The largest absolute Gasteiger partial charge is 0.371 e. The van der Waals surface area contributed by atoms with Gasteiger partial charge in [-0.1, -0.05) is 49.7 Å². The highest BCUT2D eigenvalue weighted by molar-refractivity contribution is 5.66. The van der Waals surface area contributed by atoms with Gasteiger partial charge < -0.3 is 4.90 Å². The van der Waals surface area contributed by atoms with Crippen molar-refractivity contribution in [2.24, 2.45) is 0 Å². The van der Waals surface area contributed by atoms with E-state index in [9.17, 15) is 0 Å². The molecule has 2 rings (SSSR count). The van der Waals surface area contributed by atoms with Crippen molar-refractivity contribution in [2.75, 3.05) is 18.0 Å². The first-order valence-corrected chi connectivity index (χ1v) is 9.09. The molecule has 2 aromatic rings. The van der Waals surface area contributed by atoms with Crippen LogP contribution in [0.3, 0.4) is 0 Å². The Balaban J connectivity index is 2.19. The van der Waals surface area contributed by atoms with Crippen molar-refractivity contribution in [3.05, 3.63) is 70.8 Å².